The Balaban J connectivity index is 4.15. The molecule has 0 aromatic rings. The lowest BCUT2D eigenvalue weighted by atomic mass is 10.0. The molecule has 0 aliphatic carbocycles. The number of carboxylic acid groups (broad SMARTS) is 1. The summed E-state index contributed by atoms with van der Waals surface area (Å²) >= 11 is 0. The van der Waals surface area contributed by atoms with Crippen LogP contribution in [-0.2, 0) is 32.7 Å². The van der Waals surface area contributed by atoms with Gasteiger partial charge in [-0.1, -0.05) is 217 Å². The average Bonchev–Trinajstić information content (AvgIpc) is 3.25. The van der Waals surface area contributed by atoms with Crippen LogP contribution in [0.3, 0.4) is 0 Å². The largest absolute Gasteiger partial charge is 0.480 e. The molecule has 0 saturated carbocycles. The van der Waals surface area contributed by atoms with Crippen molar-refractivity contribution in [2.45, 2.75) is 251 Å². The Hall–Kier alpha value is -1.81. The fourth-order valence-electron chi connectivity index (χ4n) is 7.20. The standard InChI is InChI=1S/C51H96NO9P/c1-3-5-7-9-11-13-15-17-19-21-23-25-27-29-31-33-35-37-39-41-43-50(53)61-48(46-59-62(56,57)60-47-49(52)51(54)55)45-58-44-42-40-38-36-34-32-30-28-26-24-22-20-18-16-14-12-10-8-6-4-2/h12,14,18,20,24,26,48-49H,3-11,13,15-17,19,21-23,25,27-47,52H2,1-2H3,(H,54,55)(H,56,57)/b14-12-,20-18-,26-24-. The van der Waals surface area contributed by atoms with Crippen molar-refractivity contribution in [2.75, 3.05) is 26.4 Å². The number of unbranched alkanes of at least 4 members (excludes halogenated alkanes) is 29. The number of esters is 1. The van der Waals surface area contributed by atoms with Gasteiger partial charge in [0.25, 0.3) is 0 Å². The van der Waals surface area contributed by atoms with E-state index in [0.29, 0.717) is 13.0 Å². The Labute approximate surface area is 380 Å². The van der Waals surface area contributed by atoms with E-state index in [-0.39, 0.29) is 13.0 Å². The summed E-state index contributed by atoms with van der Waals surface area (Å²) in [6, 6.07) is -1.47. The molecule has 0 aliphatic heterocycles. The molecule has 3 unspecified atom stereocenters. The monoisotopic (exact) mass is 898 g/mol. The highest BCUT2D eigenvalue weighted by atomic mass is 31.2. The van der Waals surface area contributed by atoms with Gasteiger partial charge >= 0.3 is 19.8 Å². The minimum atomic E-state index is -4.62. The number of carbonyl (C=O) groups excluding carboxylic acids is 1. The molecular weight excluding hydrogens is 802 g/mol. The van der Waals surface area contributed by atoms with Gasteiger partial charge in [-0.25, -0.2) is 4.57 Å². The maximum absolute atomic E-state index is 12.7. The zero-order valence-electron chi connectivity index (χ0n) is 40.0. The summed E-state index contributed by atoms with van der Waals surface area (Å²) in [6.07, 6.45) is 54.8. The molecule has 0 radical (unpaired) electrons. The number of ether oxygens (including phenoxy) is 2. The molecule has 0 heterocycles. The molecular formula is C51H96NO9P. The zero-order valence-corrected chi connectivity index (χ0v) is 40.9. The Morgan fingerprint density at radius 3 is 1.35 bits per heavy atom. The van der Waals surface area contributed by atoms with Crippen LogP contribution >= 0.6 is 7.82 Å². The van der Waals surface area contributed by atoms with Crippen LogP contribution in [-0.4, -0.2) is 60.5 Å². The van der Waals surface area contributed by atoms with E-state index in [2.05, 4.69) is 50.3 Å². The molecule has 0 spiro atoms. The number of nitrogens with two attached hydrogens (primary N) is 1. The number of carboxylic acids is 1. The third-order valence-electron chi connectivity index (χ3n) is 11.2. The van der Waals surface area contributed by atoms with Gasteiger partial charge in [0.2, 0.25) is 0 Å². The van der Waals surface area contributed by atoms with Crippen LogP contribution in [0.2, 0.25) is 0 Å². The van der Waals surface area contributed by atoms with Crippen molar-refractivity contribution in [1.82, 2.24) is 0 Å². The van der Waals surface area contributed by atoms with Crippen molar-refractivity contribution in [2.24, 2.45) is 5.73 Å². The van der Waals surface area contributed by atoms with Crippen molar-refractivity contribution in [1.29, 1.82) is 0 Å². The van der Waals surface area contributed by atoms with Gasteiger partial charge < -0.3 is 25.2 Å². The highest BCUT2D eigenvalue weighted by Crippen LogP contribution is 2.43. The number of phosphoric acid groups is 1. The van der Waals surface area contributed by atoms with Crippen molar-refractivity contribution in [3.05, 3.63) is 36.5 Å². The lowest BCUT2D eigenvalue weighted by Crippen LogP contribution is -2.34. The third kappa shape index (κ3) is 46.2. The van der Waals surface area contributed by atoms with Crippen LogP contribution < -0.4 is 5.73 Å². The first-order valence-electron chi connectivity index (χ1n) is 25.5. The zero-order chi connectivity index (χ0) is 45.5. The van der Waals surface area contributed by atoms with E-state index >= 15 is 0 Å². The maximum atomic E-state index is 12.7. The van der Waals surface area contributed by atoms with Gasteiger partial charge in [0.15, 0.2) is 0 Å². The van der Waals surface area contributed by atoms with E-state index in [4.69, 9.17) is 29.4 Å². The third-order valence-corrected chi connectivity index (χ3v) is 12.1. The molecule has 62 heavy (non-hydrogen) atoms. The summed E-state index contributed by atoms with van der Waals surface area (Å²) in [5.74, 6) is -1.77. The Morgan fingerprint density at radius 2 is 0.887 bits per heavy atom. The van der Waals surface area contributed by atoms with E-state index in [0.717, 1.165) is 51.4 Å². The Bertz CT molecular complexity index is 1130. The average molecular weight is 898 g/mol. The molecule has 0 fully saturated rings. The van der Waals surface area contributed by atoms with Crippen molar-refractivity contribution in [3.63, 3.8) is 0 Å². The fraction of sp³-hybridized carbons (Fsp3) is 0.843. The van der Waals surface area contributed by atoms with Crippen LogP contribution in [0.5, 0.6) is 0 Å². The molecule has 0 aromatic heterocycles. The first-order valence-corrected chi connectivity index (χ1v) is 27.0. The Kier molecular flexibility index (Phi) is 45.8. The molecule has 0 bridgehead atoms. The first kappa shape index (κ1) is 60.2. The number of rotatable bonds is 49. The smallest absolute Gasteiger partial charge is 0.472 e. The minimum Gasteiger partial charge on any atom is -0.480 e. The first-order chi connectivity index (χ1) is 30.2. The van der Waals surface area contributed by atoms with Crippen LogP contribution in [0.25, 0.3) is 0 Å². The van der Waals surface area contributed by atoms with Gasteiger partial charge in [-0.2, -0.15) is 0 Å². The van der Waals surface area contributed by atoms with Crippen LogP contribution in [0.1, 0.15) is 239 Å². The summed E-state index contributed by atoms with van der Waals surface area (Å²) in [7, 11) is -4.62. The summed E-state index contributed by atoms with van der Waals surface area (Å²) in [6.45, 7) is 3.87. The number of phosphoric ester groups is 1. The fourth-order valence-corrected chi connectivity index (χ4v) is 7.98. The van der Waals surface area contributed by atoms with E-state index < -0.39 is 45.1 Å². The van der Waals surface area contributed by atoms with Crippen molar-refractivity contribution < 1.29 is 42.7 Å². The molecule has 364 valence electrons. The molecule has 3 atom stereocenters. The molecule has 0 aliphatic rings. The second-order valence-corrected chi connectivity index (χ2v) is 18.8. The molecule has 0 saturated heterocycles. The Morgan fingerprint density at radius 1 is 0.516 bits per heavy atom. The molecule has 4 N–H and O–H groups in total. The minimum absolute atomic E-state index is 0.0130. The molecule has 0 rings (SSSR count). The second-order valence-electron chi connectivity index (χ2n) is 17.3. The van der Waals surface area contributed by atoms with E-state index in [9.17, 15) is 19.0 Å². The van der Waals surface area contributed by atoms with Crippen LogP contribution in [0.4, 0.5) is 0 Å². The van der Waals surface area contributed by atoms with E-state index in [1.807, 2.05) is 0 Å². The van der Waals surface area contributed by atoms with Crippen LogP contribution in [0, 0.1) is 0 Å². The number of hydrogen-bond acceptors (Lipinski definition) is 8. The predicted octanol–water partition coefficient (Wildman–Crippen LogP) is 14.8. The number of allylic oxidation sites excluding steroid dienone is 6. The van der Waals surface area contributed by atoms with Gasteiger partial charge in [-0.3, -0.25) is 18.6 Å². The topological polar surface area (TPSA) is 155 Å². The van der Waals surface area contributed by atoms with Crippen molar-refractivity contribution >= 4 is 19.8 Å². The molecule has 0 aromatic carbocycles. The lowest BCUT2D eigenvalue weighted by Gasteiger charge is -2.20. The van der Waals surface area contributed by atoms with E-state index in [1.165, 1.54) is 161 Å². The molecule has 10 nitrogen and oxygen atoms in total. The number of carbonyl (C=O) groups is 2. The van der Waals surface area contributed by atoms with Crippen LogP contribution in [0.15, 0.2) is 36.5 Å². The van der Waals surface area contributed by atoms with Gasteiger partial charge in [-0.05, 0) is 51.4 Å². The lowest BCUT2D eigenvalue weighted by molar-refractivity contribution is -0.154. The molecule has 0 amide bonds. The van der Waals surface area contributed by atoms with Gasteiger partial charge in [-0.15, -0.1) is 0 Å². The van der Waals surface area contributed by atoms with Gasteiger partial charge in [0.1, 0.15) is 12.1 Å². The second kappa shape index (κ2) is 47.2. The van der Waals surface area contributed by atoms with Gasteiger partial charge in [0, 0.05) is 13.0 Å². The summed E-state index contributed by atoms with van der Waals surface area (Å²) in [5, 5.41) is 8.93. The van der Waals surface area contributed by atoms with E-state index in [1.54, 1.807) is 0 Å². The number of aliphatic carboxylic acids is 1. The summed E-state index contributed by atoms with van der Waals surface area (Å²) in [4.78, 5) is 33.7. The maximum Gasteiger partial charge on any atom is 0.472 e. The summed E-state index contributed by atoms with van der Waals surface area (Å²) < 4.78 is 33.5. The number of hydrogen-bond donors (Lipinski definition) is 3. The summed E-state index contributed by atoms with van der Waals surface area (Å²) in [5.41, 5.74) is 5.37. The predicted molar refractivity (Wildman–Crippen MR) is 258 cm³/mol. The normalized spacial score (nSPS) is 14.0. The highest BCUT2D eigenvalue weighted by molar-refractivity contribution is 7.47. The SMILES string of the molecule is CCCCC/C=C\C/C=C\C/C=C\CCCCCCCCCOCC(COP(=O)(O)OCC(N)C(=O)O)OC(=O)CCCCCCCCCCCCCCCCCCCCCC. The van der Waals surface area contributed by atoms with Gasteiger partial charge in [0.05, 0.1) is 19.8 Å². The quantitative estimate of drug-likeness (QED) is 0.0233. The van der Waals surface area contributed by atoms with Crippen molar-refractivity contribution in [3.8, 4) is 0 Å². The highest BCUT2D eigenvalue weighted by Gasteiger charge is 2.27. The molecule has 11 heteroatoms.